The average Bonchev–Trinajstić information content (AvgIpc) is 2.85. The van der Waals surface area contributed by atoms with Gasteiger partial charge in [-0.1, -0.05) is 42.1 Å². The maximum atomic E-state index is 13.2. The van der Waals surface area contributed by atoms with E-state index in [0.29, 0.717) is 30.0 Å². The van der Waals surface area contributed by atoms with Gasteiger partial charge >= 0.3 is 0 Å². The largest absolute Gasteiger partial charge is 0.326 e. The first-order valence-electron chi connectivity index (χ1n) is 9.53. The molecular weight excluding hydrogens is 382 g/mol. The minimum absolute atomic E-state index is 0.0497. The number of benzene rings is 2. The van der Waals surface area contributed by atoms with E-state index in [-0.39, 0.29) is 11.8 Å². The zero-order valence-corrected chi connectivity index (χ0v) is 16.9. The van der Waals surface area contributed by atoms with Crippen LogP contribution in [0, 0.1) is 6.92 Å². The van der Waals surface area contributed by atoms with Crippen LogP contribution in [0.4, 0.5) is 11.4 Å². The van der Waals surface area contributed by atoms with E-state index in [0.717, 1.165) is 21.8 Å². The monoisotopic (exact) mass is 403 g/mol. The van der Waals surface area contributed by atoms with Crippen LogP contribution < -0.4 is 10.2 Å². The van der Waals surface area contributed by atoms with Crippen molar-refractivity contribution in [2.75, 3.05) is 16.8 Å². The first-order chi connectivity index (χ1) is 14.1. The van der Waals surface area contributed by atoms with Crippen molar-refractivity contribution in [1.29, 1.82) is 0 Å². The highest BCUT2D eigenvalue weighted by molar-refractivity contribution is 7.99. The molecule has 0 bridgehead atoms. The van der Waals surface area contributed by atoms with Crippen molar-refractivity contribution < 1.29 is 9.59 Å². The standard InChI is InChI=1S/C23H21N3O2S/c1-16-8-2-3-10-18(16)25-21(27)13-7-15-26-19-11-4-5-12-20(19)29-22-17(23(26)28)9-6-14-24-22/h2-6,8-12,14H,7,13,15H2,1H3,(H,25,27). The van der Waals surface area contributed by atoms with Crippen LogP contribution in [0.3, 0.4) is 0 Å². The van der Waals surface area contributed by atoms with E-state index in [1.165, 1.54) is 11.8 Å². The van der Waals surface area contributed by atoms with Crippen LogP contribution >= 0.6 is 11.8 Å². The van der Waals surface area contributed by atoms with Crippen molar-refractivity contribution >= 4 is 35.0 Å². The topological polar surface area (TPSA) is 62.3 Å². The zero-order valence-electron chi connectivity index (χ0n) is 16.1. The van der Waals surface area contributed by atoms with Crippen molar-refractivity contribution in [1.82, 2.24) is 4.98 Å². The molecule has 5 nitrogen and oxygen atoms in total. The van der Waals surface area contributed by atoms with E-state index in [9.17, 15) is 9.59 Å². The summed E-state index contributed by atoms with van der Waals surface area (Å²) in [4.78, 5) is 32.7. The molecule has 0 unspecified atom stereocenters. The average molecular weight is 404 g/mol. The summed E-state index contributed by atoms with van der Waals surface area (Å²) in [6.07, 6.45) is 2.61. The zero-order chi connectivity index (χ0) is 20.2. The molecule has 2 aromatic carbocycles. The molecule has 0 aliphatic carbocycles. The Kier molecular flexibility index (Phi) is 5.62. The van der Waals surface area contributed by atoms with Crippen LogP contribution in [0.5, 0.6) is 0 Å². The van der Waals surface area contributed by atoms with E-state index >= 15 is 0 Å². The number of nitrogens with one attached hydrogen (secondary N) is 1. The van der Waals surface area contributed by atoms with Crippen LogP contribution in [0.15, 0.2) is 76.8 Å². The number of nitrogens with zero attached hydrogens (tertiary/aromatic N) is 2. The van der Waals surface area contributed by atoms with Crippen molar-refractivity contribution in [3.63, 3.8) is 0 Å². The quantitative estimate of drug-likeness (QED) is 0.657. The third-order valence-corrected chi connectivity index (χ3v) is 5.90. The van der Waals surface area contributed by atoms with Crippen LogP contribution in [0.1, 0.15) is 28.8 Å². The van der Waals surface area contributed by atoms with Crippen molar-refractivity contribution in [2.45, 2.75) is 29.7 Å². The lowest BCUT2D eigenvalue weighted by Crippen LogP contribution is -2.32. The van der Waals surface area contributed by atoms with E-state index in [1.54, 1.807) is 23.2 Å². The molecule has 2 amide bonds. The second kappa shape index (κ2) is 8.49. The molecule has 2 heterocycles. The van der Waals surface area contributed by atoms with Gasteiger partial charge in [-0.2, -0.15) is 0 Å². The molecule has 0 fully saturated rings. The number of aryl methyl sites for hydroxylation is 1. The van der Waals surface area contributed by atoms with E-state index < -0.39 is 0 Å². The summed E-state index contributed by atoms with van der Waals surface area (Å²) in [5, 5.41) is 3.66. The molecule has 1 aliphatic heterocycles. The fraction of sp³-hybridized carbons (Fsp3) is 0.174. The van der Waals surface area contributed by atoms with Gasteiger partial charge in [-0.25, -0.2) is 4.98 Å². The Morgan fingerprint density at radius 1 is 1.07 bits per heavy atom. The first kappa shape index (κ1) is 19.2. The Bertz CT molecular complexity index is 1070. The number of hydrogen-bond donors (Lipinski definition) is 1. The van der Waals surface area contributed by atoms with Gasteiger partial charge in [0.2, 0.25) is 5.91 Å². The minimum Gasteiger partial charge on any atom is -0.326 e. The molecule has 29 heavy (non-hydrogen) atoms. The molecule has 3 aromatic rings. The maximum Gasteiger partial charge on any atom is 0.261 e. The van der Waals surface area contributed by atoms with Gasteiger partial charge in [0.25, 0.3) is 5.91 Å². The highest BCUT2D eigenvalue weighted by Gasteiger charge is 2.27. The Balaban J connectivity index is 1.48. The number of carbonyl (C=O) groups excluding carboxylic acids is 2. The number of rotatable bonds is 5. The van der Waals surface area contributed by atoms with Gasteiger partial charge in [0.1, 0.15) is 5.03 Å². The summed E-state index contributed by atoms with van der Waals surface area (Å²) < 4.78 is 0. The Hall–Kier alpha value is -3.12. The summed E-state index contributed by atoms with van der Waals surface area (Å²) in [5.74, 6) is -0.129. The lowest BCUT2D eigenvalue weighted by atomic mass is 10.1. The fourth-order valence-corrected chi connectivity index (χ4v) is 4.32. The number of amides is 2. The number of para-hydroxylation sites is 2. The summed E-state index contributed by atoms with van der Waals surface area (Å²) in [6, 6.07) is 19.1. The SMILES string of the molecule is Cc1ccccc1NC(=O)CCCN1C(=O)c2cccnc2Sc2ccccc21. The van der Waals surface area contributed by atoms with Crippen LogP contribution in [-0.2, 0) is 4.79 Å². The van der Waals surface area contributed by atoms with Gasteiger partial charge in [0, 0.05) is 29.7 Å². The van der Waals surface area contributed by atoms with Gasteiger partial charge in [-0.15, -0.1) is 0 Å². The number of anilines is 2. The first-order valence-corrected chi connectivity index (χ1v) is 10.3. The van der Waals surface area contributed by atoms with Gasteiger partial charge in [-0.05, 0) is 49.2 Å². The van der Waals surface area contributed by atoms with Crippen LogP contribution in [0.25, 0.3) is 0 Å². The number of aromatic nitrogens is 1. The number of carbonyl (C=O) groups is 2. The summed E-state index contributed by atoms with van der Waals surface area (Å²) in [7, 11) is 0. The minimum atomic E-state index is -0.0788. The molecule has 0 radical (unpaired) electrons. The van der Waals surface area contributed by atoms with E-state index in [2.05, 4.69) is 10.3 Å². The van der Waals surface area contributed by atoms with Gasteiger partial charge in [0.15, 0.2) is 0 Å². The molecule has 6 heteroatoms. The van der Waals surface area contributed by atoms with Crippen LogP contribution in [-0.4, -0.2) is 23.3 Å². The Labute approximate surface area is 174 Å². The normalized spacial score (nSPS) is 12.7. The molecule has 1 N–H and O–H groups in total. The maximum absolute atomic E-state index is 13.2. The molecule has 0 saturated carbocycles. The fourth-order valence-electron chi connectivity index (χ4n) is 3.31. The summed E-state index contributed by atoms with van der Waals surface area (Å²) in [6.45, 7) is 2.43. The predicted octanol–water partition coefficient (Wildman–Crippen LogP) is 4.92. The second-order valence-corrected chi connectivity index (χ2v) is 7.88. The van der Waals surface area contributed by atoms with Crippen molar-refractivity contribution in [2.24, 2.45) is 0 Å². The van der Waals surface area contributed by atoms with Gasteiger partial charge in [-0.3, -0.25) is 9.59 Å². The Morgan fingerprint density at radius 2 is 1.86 bits per heavy atom. The highest BCUT2D eigenvalue weighted by atomic mass is 32.2. The van der Waals surface area contributed by atoms with Crippen LogP contribution in [0.2, 0.25) is 0 Å². The third-order valence-electron chi connectivity index (χ3n) is 4.81. The molecular formula is C23H21N3O2S. The third kappa shape index (κ3) is 4.17. The van der Waals surface area contributed by atoms with Crippen molar-refractivity contribution in [3.05, 3.63) is 78.0 Å². The molecule has 4 rings (SSSR count). The molecule has 146 valence electrons. The molecule has 0 saturated heterocycles. The Morgan fingerprint density at radius 3 is 2.72 bits per heavy atom. The smallest absolute Gasteiger partial charge is 0.261 e. The summed E-state index contributed by atoms with van der Waals surface area (Å²) >= 11 is 1.50. The molecule has 1 aromatic heterocycles. The van der Waals surface area contributed by atoms with E-state index in [4.69, 9.17) is 0 Å². The number of hydrogen-bond acceptors (Lipinski definition) is 4. The molecule has 0 spiro atoms. The summed E-state index contributed by atoms with van der Waals surface area (Å²) in [5.41, 5.74) is 3.31. The number of fused-ring (bicyclic) bond motifs is 2. The second-order valence-electron chi connectivity index (χ2n) is 6.85. The van der Waals surface area contributed by atoms with Gasteiger partial charge in [0.05, 0.1) is 11.3 Å². The lowest BCUT2D eigenvalue weighted by molar-refractivity contribution is -0.116. The van der Waals surface area contributed by atoms with E-state index in [1.807, 2.05) is 55.5 Å². The van der Waals surface area contributed by atoms with Crippen molar-refractivity contribution in [3.8, 4) is 0 Å². The predicted molar refractivity (Wildman–Crippen MR) is 116 cm³/mol. The molecule has 1 aliphatic rings. The highest BCUT2D eigenvalue weighted by Crippen LogP contribution is 2.40. The van der Waals surface area contributed by atoms with Gasteiger partial charge < -0.3 is 10.2 Å². The molecule has 0 atom stereocenters. The lowest BCUT2D eigenvalue weighted by Gasteiger charge is -2.22. The number of pyridine rings is 1.